The molecule has 208 valence electrons. The summed E-state index contributed by atoms with van der Waals surface area (Å²) in [6.45, 7) is 0.922. The predicted molar refractivity (Wildman–Crippen MR) is 157 cm³/mol. The Morgan fingerprint density at radius 3 is 1.98 bits per heavy atom. The Morgan fingerprint density at radius 2 is 1.33 bits per heavy atom. The number of aromatic nitrogens is 2. The van der Waals surface area contributed by atoms with Crippen molar-refractivity contribution >= 4 is 29.0 Å². The highest BCUT2D eigenvalue weighted by Crippen LogP contribution is 2.42. The number of benzene rings is 3. The molecule has 3 aromatic carbocycles. The van der Waals surface area contributed by atoms with Gasteiger partial charge in [-0.3, -0.25) is 23.6 Å². The van der Waals surface area contributed by atoms with Gasteiger partial charge in [0.15, 0.2) is 6.10 Å². The van der Waals surface area contributed by atoms with Crippen LogP contribution in [-0.2, 0) is 27.5 Å². The predicted octanol–water partition coefficient (Wildman–Crippen LogP) is 4.04. The number of carbonyl (C=O) groups excluding carboxylic acids is 2. The van der Waals surface area contributed by atoms with Gasteiger partial charge in [0.25, 0.3) is 11.5 Å². The fourth-order valence-corrected chi connectivity index (χ4v) is 5.82. The highest BCUT2D eigenvalue weighted by molar-refractivity contribution is 6.23. The zero-order valence-electron chi connectivity index (χ0n) is 22.5. The van der Waals surface area contributed by atoms with Gasteiger partial charge in [-0.1, -0.05) is 84.9 Å². The van der Waals surface area contributed by atoms with Crippen LogP contribution in [0.4, 0.5) is 11.5 Å². The molecular weight excluding hydrogens is 530 g/mol. The molecule has 3 atom stereocenters. The third-order valence-electron chi connectivity index (χ3n) is 7.78. The van der Waals surface area contributed by atoms with Gasteiger partial charge in [0.2, 0.25) is 5.91 Å². The van der Waals surface area contributed by atoms with E-state index in [1.165, 1.54) is 4.40 Å². The van der Waals surface area contributed by atoms with Crippen LogP contribution in [0.3, 0.4) is 0 Å². The molecule has 5 aromatic rings. The minimum atomic E-state index is -1.07. The van der Waals surface area contributed by atoms with E-state index in [1.54, 1.807) is 42.6 Å². The van der Waals surface area contributed by atoms with Gasteiger partial charge in [-0.2, -0.15) is 5.48 Å². The SMILES string of the molecule is O=C1[C@H]2[C@H](ON[C@@H]2c2c(N(Cc3ccccc3)Cc3ccccc3)nc3ccccn3c2=O)C(=O)N1c1ccccc1. The Morgan fingerprint density at radius 1 is 0.738 bits per heavy atom. The third kappa shape index (κ3) is 4.45. The molecule has 42 heavy (non-hydrogen) atoms. The summed E-state index contributed by atoms with van der Waals surface area (Å²) < 4.78 is 1.47. The molecule has 4 heterocycles. The molecule has 2 aliphatic heterocycles. The molecule has 2 aliphatic rings. The maximum Gasteiger partial charge on any atom is 0.265 e. The van der Waals surface area contributed by atoms with E-state index >= 15 is 0 Å². The van der Waals surface area contributed by atoms with Crippen LogP contribution in [0.5, 0.6) is 0 Å². The molecule has 2 fully saturated rings. The second-order valence-corrected chi connectivity index (χ2v) is 10.4. The van der Waals surface area contributed by atoms with Crippen LogP contribution in [0.25, 0.3) is 5.65 Å². The van der Waals surface area contributed by atoms with Crippen LogP contribution < -0.4 is 20.8 Å². The van der Waals surface area contributed by atoms with E-state index in [1.807, 2.05) is 77.7 Å². The number of imide groups is 1. The number of pyridine rings is 1. The highest BCUT2D eigenvalue weighted by Gasteiger charge is 2.58. The minimum Gasteiger partial charge on any atom is -0.347 e. The van der Waals surface area contributed by atoms with E-state index in [-0.39, 0.29) is 11.1 Å². The number of rotatable bonds is 7. The fourth-order valence-electron chi connectivity index (χ4n) is 5.82. The van der Waals surface area contributed by atoms with Crippen molar-refractivity contribution in [3.05, 3.63) is 142 Å². The number of nitrogens with one attached hydrogen (secondary N) is 1. The average Bonchev–Trinajstić information content (AvgIpc) is 3.57. The summed E-state index contributed by atoms with van der Waals surface area (Å²) in [6, 6.07) is 33.1. The summed E-state index contributed by atoms with van der Waals surface area (Å²) in [7, 11) is 0. The number of para-hydroxylation sites is 1. The Labute approximate surface area is 241 Å². The van der Waals surface area contributed by atoms with Gasteiger partial charge in [-0.25, -0.2) is 9.88 Å². The number of hydrogen-bond donors (Lipinski definition) is 1. The van der Waals surface area contributed by atoms with E-state index in [0.29, 0.717) is 30.2 Å². The summed E-state index contributed by atoms with van der Waals surface area (Å²) in [5, 5.41) is 0. The molecule has 0 saturated carbocycles. The smallest absolute Gasteiger partial charge is 0.265 e. The highest BCUT2D eigenvalue weighted by atomic mass is 16.7. The first kappa shape index (κ1) is 25.8. The molecule has 9 heteroatoms. The molecule has 0 bridgehead atoms. The lowest BCUT2D eigenvalue weighted by molar-refractivity contribution is -0.128. The van der Waals surface area contributed by atoms with Crippen molar-refractivity contribution in [3.8, 4) is 0 Å². The van der Waals surface area contributed by atoms with Crippen LogP contribution in [0.1, 0.15) is 22.7 Å². The monoisotopic (exact) mass is 557 g/mol. The molecule has 0 unspecified atom stereocenters. The largest absolute Gasteiger partial charge is 0.347 e. The van der Waals surface area contributed by atoms with Crippen LogP contribution in [0, 0.1) is 5.92 Å². The summed E-state index contributed by atoms with van der Waals surface area (Å²) in [4.78, 5) is 55.5. The molecule has 0 aliphatic carbocycles. The molecule has 7 rings (SSSR count). The van der Waals surface area contributed by atoms with E-state index in [9.17, 15) is 14.4 Å². The van der Waals surface area contributed by atoms with Crippen molar-refractivity contribution in [2.24, 2.45) is 5.92 Å². The summed E-state index contributed by atoms with van der Waals surface area (Å²) in [5.74, 6) is -1.40. The molecule has 1 N–H and O–H groups in total. The maximum atomic E-state index is 14.3. The topological polar surface area (TPSA) is 96.2 Å². The second-order valence-electron chi connectivity index (χ2n) is 10.4. The quantitative estimate of drug-likeness (QED) is 0.302. The van der Waals surface area contributed by atoms with E-state index < -0.39 is 29.9 Å². The van der Waals surface area contributed by atoms with Crippen molar-refractivity contribution in [3.63, 3.8) is 0 Å². The maximum absolute atomic E-state index is 14.3. The fraction of sp³-hybridized carbons (Fsp3) is 0.152. The van der Waals surface area contributed by atoms with Gasteiger partial charge in [0, 0.05) is 19.3 Å². The Kier molecular flexibility index (Phi) is 6.58. The molecule has 0 spiro atoms. The zero-order valence-corrected chi connectivity index (χ0v) is 22.5. The lowest BCUT2D eigenvalue weighted by Crippen LogP contribution is -2.38. The number of fused-ring (bicyclic) bond motifs is 2. The number of hydrogen-bond acceptors (Lipinski definition) is 7. The van der Waals surface area contributed by atoms with Crippen LogP contribution in [0.2, 0.25) is 0 Å². The van der Waals surface area contributed by atoms with Gasteiger partial charge in [-0.15, -0.1) is 0 Å². The number of carbonyl (C=O) groups is 2. The van der Waals surface area contributed by atoms with Crippen LogP contribution in [-0.4, -0.2) is 27.3 Å². The first-order chi connectivity index (χ1) is 20.6. The van der Waals surface area contributed by atoms with Gasteiger partial charge in [-0.05, 0) is 35.4 Å². The normalized spacial score (nSPS) is 19.8. The average molecular weight is 558 g/mol. The molecule has 2 amide bonds. The zero-order chi connectivity index (χ0) is 28.6. The van der Waals surface area contributed by atoms with Gasteiger partial charge < -0.3 is 4.90 Å². The van der Waals surface area contributed by atoms with Crippen LogP contribution in [0.15, 0.2) is 120 Å². The van der Waals surface area contributed by atoms with Crippen molar-refractivity contribution in [2.75, 3.05) is 9.80 Å². The molecule has 2 saturated heterocycles. The summed E-state index contributed by atoms with van der Waals surface area (Å²) in [5.41, 5.74) is 5.83. The number of amides is 2. The van der Waals surface area contributed by atoms with Crippen molar-refractivity contribution < 1.29 is 14.4 Å². The molecule has 0 radical (unpaired) electrons. The molecule has 9 nitrogen and oxygen atoms in total. The number of hydroxylamine groups is 1. The summed E-state index contributed by atoms with van der Waals surface area (Å²) in [6.07, 6.45) is 0.588. The Bertz CT molecular complexity index is 1790. The van der Waals surface area contributed by atoms with Crippen molar-refractivity contribution in [1.82, 2.24) is 14.9 Å². The number of nitrogens with zero attached hydrogens (tertiary/aromatic N) is 4. The lowest BCUT2D eigenvalue weighted by Gasteiger charge is -2.29. The Balaban J connectivity index is 1.38. The van der Waals surface area contributed by atoms with Crippen molar-refractivity contribution in [2.45, 2.75) is 25.2 Å². The van der Waals surface area contributed by atoms with Gasteiger partial charge in [0.1, 0.15) is 11.5 Å². The lowest BCUT2D eigenvalue weighted by atomic mass is 9.92. The third-order valence-corrected chi connectivity index (χ3v) is 7.78. The first-order valence-corrected chi connectivity index (χ1v) is 13.8. The first-order valence-electron chi connectivity index (χ1n) is 13.8. The molecular formula is C33H27N5O4. The number of anilines is 2. The van der Waals surface area contributed by atoms with Crippen molar-refractivity contribution in [1.29, 1.82) is 0 Å². The van der Waals surface area contributed by atoms with Gasteiger partial charge in [0.05, 0.1) is 23.2 Å². The molecule has 2 aromatic heterocycles. The second kappa shape index (κ2) is 10.7. The van der Waals surface area contributed by atoms with Gasteiger partial charge >= 0.3 is 0 Å². The Hall–Kier alpha value is -5.12. The van der Waals surface area contributed by atoms with Crippen LogP contribution >= 0.6 is 0 Å². The van der Waals surface area contributed by atoms with E-state index in [4.69, 9.17) is 9.82 Å². The van der Waals surface area contributed by atoms with E-state index in [2.05, 4.69) is 5.48 Å². The minimum absolute atomic E-state index is 0.272. The summed E-state index contributed by atoms with van der Waals surface area (Å²) >= 11 is 0. The van der Waals surface area contributed by atoms with E-state index in [0.717, 1.165) is 16.0 Å². The standard InChI is InChI=1S/C33H27N5O4/c39-31-27(28-26-29(42-35-28)33(41)38(32(26)40)24-16-8-3-9-17-24)30(34-25-18-10-11-19-37(25)31)36(20-22-12-4-1-5-13-22)21-23-14-6-2-7-15-23/h1-19,26,28-29,35H,20-21H2/t26-,28+,29+/m1/s1.